The molecule has 1 aromatic heterocycles. The van der Waals surface area contributed by atoms with Crippen molar-refractivity contribution >= 4 is 46.4 Å². The Labute approximate surface area is 246 Å². The Kier molecular flexibility index (Phi) is 8.66. The summed E-state index contributed by atoms with van der Waals surface area (Å²) in [5.74, 6) is 1.00. The lowest BCUT2D eigenvalue weighted by molar-refractivity contribution is 0.0776. The van der Waals surface area contributed by atoms with Crippen LogP contribution in [0.5, 0.6) is 0 Å². The first-order valence-corrected chi connectivity index (χ1v) is 15.3. The van der Waals surface area contributed by atoms with Crippen molar-refractivity contribution in [2.24, 2.45) is 5.41 Å². The van der Waals surface area contributed by atoms with Crippen LogP contribution in [-0.2, 0) is 12.0 Å². The van der Waals surface area contributed by atoms with E-state index in [4.69, 9.17) is 16.6 Å². The molecule has 204 valence electrons. The molecule has 1 atom stereocenters. The quantitative estimate of drug-likeness (QED) is 0.196. The van der Waals surface area contributed by atoms with E-state index in [1.54, 1.807) is 0 Å². The van der Waals surface area contributed by atoms with Gasteiger partial charge >= 0.3 is 0 Å². The van der Waals surface area contributed by atoms with E-state index >= 15 is 0 Å². The maximum atomic E-state index is 10.7. The van der Waals surface area contributed by atoms with Crippen LogP contribution >= 0.6 is 23.4 Å². The van der Waals surface area contributed by atoms with Crippen molar-refractivity contribution in [3.8, 4) is 6.07 Å². The topological polar surface area (TPSA) is 56.9 Å². The van der Waals surface area contributed by atoms with Crippen LogP contribution in [0.15, 0.2) is 78.9 Å². The zero-order valence-corrected chi connectivity index (χ0v) is 24.7. The van der Waals surface area contributed by atoms with Gasteiger partial charge in [-0.1, -0.05) is 78.3 Å². The number of benzene rings is 3. The van der Waals surface area contributed by atoms with E-state index in [1.165, 1.54) is 11.1 Å². The Morgan fingerprint density at radius 2 is 1.85 bits per heavy atom. The first-order valence-electron chi connectivity index (χ1n) is 13.9. The second kappa shape index (κ2) is 12.2. The van der Waals surface area contributed by atoms with Crippen molar-refractivity contribution in [1.29, 1.82) is 5.26 Å². The van der Waals surface area contributed by atoms with Crippen molar-refractivity contribution in [2.75, 3.05) is 5.75 Å². The van der Waals surface area contributed by atoms with Gasteiger partial charge in [0, 0.05) is 27.8 Å². The largest absolute Gasteiger partial charge is 0.386 e. The molecule has 0 radical (unpaired) electrons. The molecule has 5 heteroatoms. The first kappa shape index (κ1) is 28.4. The van der Waals surface area contributed by atoms with Crippen LogP contribution < -0.4 is 0 Å². The molecule has 0 spiro atoms. The Hall–Kier alpha value is -3.10. The molecular weight excluding hydrogens is 532 g/mol. The molecule has 3 aromatic carbocycles. The molecule has 0 saturated heterocycles. The molecular formula is C35H35ClN2OS. The zero-order valence-electron chi connectivity index (χ0n) is 23.1. The summed E-state index contributed by atoms with van der Waals surface area (Å²) in [5, 5.41) is 22.1. The second-order valence-corrected chi connectivity index (χ2v) is 13.1. The van der Waals surface area contributed by atoms with Crippen LogP contribution in [0, 0.1) is 16.7 Å². The number of nitriles is 1. The molecule has 1 heterocycles. The third kappa shape index (κ3) is 7.15. The highest BCUT2D eigenvalue weighted by Gasteiger charge is 2.42. The van der Waals surface area contributed by atoms with Crippen LogP contribution in [0.25, 0.3) is 23.1 Å². The Morgan fingerprint density at radius 3 is 2.62 bits per heavy atom. The fourth-order valence-corrected chi connectivity index (χ4v) is 6.94. The van der Waals surface area contributed by atoms with Gasteiger partial charge < -0.3 is 5.11 Å². The lowest BCUT2D eigenvalue weighted by atomic mass is 9.90. The molecule has 1 saturated carbocycles. The van der Waals surface area contributed by atoms with Gasteiger partial charge in [0.15, 0.2) is 0 Å². The third-order valence-electron chi connectivity index (χ3n) is 7.76. The SMILES string of the molecule is CC(C)(O)c1ccccc1CCC(SCC1(CC#N)CC1)c1cccc(/C=C/c2ccc3ccc(Cl)cc3n2)c1. The molecule has 5 rings (SSSR count). The summed E-state index contributed by atoms with van der Waals surface area (Å²) in [6.45, 7) is 3.71. The number of hydrogen-bond acceptors (Lipinski definition) is 4. The molecule has 40 heavy (non-hydrogen) atoms. The molecule has 0 amide bonds. The Morgan fingerprint density at radius 1 is 1.05 bits per heavy atom. The highest BCUT2D eigenvalue weighted by atomic mass is 35.5. The predicted molar refractivity (Wildman–Crippen MR) is 169 cm³/mol. The number of thioether (sulfide) groups is 1. The second-order valence-electron chi connectivity index (χ2n) is 11.5. The number of aromatic nitrogens is 1. The van der Waals surface area contributed by atoms with Crippen LogP contribution in [0.1, 0.15) is 72.7 Å². The standard InChI is InChI=1S/C35H35ClN2OS/c1-34(2,39)31-9-4-3-7-26(31)13-17-33(40-24-35(18-19-35)20-21-37)28-8-5-6-25(22-28)10-15-30-16-12-27-11-14-29(36)23-32(27)38-30/h3-12,14-16,22-23,33,39H,13,17-20,24H2,1-2H3/b15-10+. The van der Waals surface area contributed by atoms with Gasteiger partial charge in [0.05, 0.1) is 22.9 Å². The number of halogens is 1. The third-order valence-corrected chi connectivity index (χ3v) is 9.68. The van der Waals surface area contributed by atoms with E-state index in [0.29, 0.717) is 16.7 Å². The van der Waals surface area contributed by atoms with E-state index in [2.05, 4.69) is 54.6 Å². The molecule has 1 fully saturated rings. The fraction of sp³-hybridized carbons (Fsp3) is 0.314. The molecule has 4 aromatic rings. The normalized spacial score (nSPS) is 15.3. The van der Waals surface area contributed by atoms with Crippen molar-refractivity contribution in [3.05, 3.63) is 112 Å². The number of aliphatic hydroxyl groups is 1. The van der Waals surface area contributed by atoms with Gasteiger partial charge in [-0.15, -0.1) is 0 Å². The number of nitrogens with zero attached hydrogens (tertiary/aromatic N) is 2. The summed E-state index contributed by atoms with van der Waals surface area (Å²) in [7, 11) is 0. The van der Waals surface area contributed by atoms with Crippen LogP contribution in [0.2, 0.25) is 5.02 Å². The van der Waals surface area contributed by atoms with Gasteiger partial charge in [0.25, 0.3) is 0 Å². The maximum Gasteiger partial charge on any atom is 0.0843 e. The average Bonchev–Trinajstić information content (AvgIpc) is 3.71. The minimum Gasteiger partial charge on any atom is -0.386 e. The number of fused-ring (bicyclic) bond motifs is 1. The van der Waals surface area contributed by atoms with E-state index < -0.39 is 5.60 Å². The van der Waals surface area contributed by atoms with E-state index in [1.807, 2.05) is 68.1 Å². The molecule has 0 bridgehead atoms. The van der Waals surface area contributed by atoms with Gasteiger partial charge in [0.1, 0.15) is 0 Å². The van der Waals surface area contributed by atoms with Gasteiger partial charge in [-0.3, -0.25) is 0 Å². The van der Waals surface area contributed by atoms with Gasteiger partial charge in [-0.05, 0) is 91.5 Å². The predicted octanol–water partition coefficient (Wildman–Crippen LogP) is 9.39. The molecule has 0 aliphatic heterocycles. The molecule has 3 nitrogen and oxygen atoms in total. The molecule has 1 unspecified atom stereocenters. The smallest absolute Gasteiger partial charge is 0.0843 e. The number of pyridine rings is 1. The van der Waals surface area contributed by atoms with E-state index in [0.717, 1.165) is 59.2 Å². The summed E-state index contributed by atoms with van der Waals surface area (Å²) in [6, 6.07) is 29.2. The summed E-state index contributed by atoms with van der Waals surface area (Å²) >= 11 is 8.15. The van der Waals surface area contributed by atoms with Crippen molar-refractivity contribution in [2.45, 2.75) is 56.8 Å². The van der Waals surface area contributed by atoms with Crippen LogP contribution in [0.3, 0.4) is 0 Å². The zero-order chi connectivity index (χ0) is 28.2. The molecule has 1 aliphatic rings. The van der Waals surface area contributed by atoms with Crippen LogP contribution in [-0.4, -0.2) is 15.8 Å². The van der Waals surface area contributed by atoms with Gasteiger partial charge in [-0.25, -0.2) is 4.98 Å². The summed E-state index contributed by atoms with van der Waals surface area (Å²) < 4.78 is 0. The summed E-state index contributed by atoms with van der Waals surface area (Å²) in [6.07, 6.45) is 8.94. The minimum absolute atomic E-state index is 0.185. The highest BCUT2D eigenvalue weighted by molar-refractivity contribution is 7.99. The fourth-order valence-electron chi connectivity index (χ4n) is 5.21. The maximum absolute atomic E-state index is 10.7. The average molecular weight is 567 g/mol. The summed E-state index contributed by atoms with van der Waals surface area (Å²) in [4.78, 5) is 4.76. The van der Waals surface area contributed by atoms with Crippen molar-refractivity contribution in [1.82, 2.24) is 4.98 Å². The van der Waals surface area contributed by atoms with E-state index in [9.17, 15) is 10.4 Å². The van der Waals surface area contributed by atoms with Gasteiger partial charge in [0.2, 0.25) is 0 Å². The highest BCUT2D eigenvalue weighted by Crippen LogP contribution is 2.53. The number of aryl methyl sites for hydroxylation is 1. The van der Waals surface area contributed by atoms with Gasteiger partial charge in [-0.2, -0.15) is 17.0 Å². The number of hydrogen-bond donors (Lipinski definition) is 1. The lowest BCUT2D eigenvalue weighted by Crippen LogP contribution is -2.18. The lowest BCUT2D eigenvalue weighted by Gasteiger charge is -2.24. The first-order chi connectivity index (χ1) is 19.2. The Balaban J connectivity index is 1.37. The molecule has 1 N–H and O–H groups in total. The van der Waals surface area contributed by atoms with E-state index in [-0.39, 0.29) is 5.41 Å². The number of rotatable bonds is 11. The monoisotopic (exact) mass is 566 g/mol. The van der Waals surface area contributed by atoms with Crippen molar-refractivity contribution in [3.63, 3.8) is 0 Å². The van der Waals surface area contributed by atoms with Crippen LogP contribution in [0.4, 0.5) is 0 Å². The summed E-state index contributed by atoms with van der Waals surface area (Å²) in [5.41, 5.74) is 5.69. The van der Waals surface area contributed by atoms with Crippen molar-refractivity contribution < 1.29 is 5.11 Å². The molecule has 1 aliphatic carbocycles. The minimum atomic E-state index is -0.878. The Bertz CT molecular complexity index is 1560.